The molecule has 1 aromatic heterocycles. The van der Waals surface area contributed by atoms with Gasteiger partial charge in [-0.2, -0.15) is 0 Å². The van der Waals surface area contributed by atoms with Crippen LogP contribution in [0.4, 0.5) is 5.69 Å². The summed E-state index contributed by atoms with van der Waals surface area (Å²) in [5.41, 5.74) is 9.67. The van der Waals surface area contributed by atoms with Crippen molar-refractivity contribution < 1.29 is 0 Å². The standard InChI is InChI=1S/C12H19N3/c1-9-7-14-8-10(2)12(9)15-5-3-4-11(15)6-13/h7-8,11H,3-6,13H2,1-2H3. The number of aryl methyl sites for hydroxylation is 2. The molecule has 1 aliphatic rings. The minimum Gasteiger partial charge on any atom is -0.367 e. The molecule has 2 heterocycles. The Labute approximate surface area is 91.3 Å². The van der Waals surface area contributed by atoms with Gasteiger partial charge in [0.1, 0.15) is 0 Å². The molecule has 0 spiro atoms. The summed E-state index contributed by atoms with van der Waals surface area (Å²) in [6.07, 6.45) is 6.35. The van der Waals surface area contributed by atoms with E-state index >= 15 is 0 Å². The number of rotatable bonds is 2. The summed E-state index contributed by atoms with van der Waals surface area (Å²) in [5.74, 6) is 0. The van der Waals surface area contributed by atoms with Crippen molar-refractivity contribution in [2.24, 2.45) is 5.73 Å². The third-order valence-corrected chi connectivity index (χ3v) is 3.22. The lowest BCUT2D eigenvalue weighted by molar-refractivity contribution is 0.674. The second-order valence-electron chi connectivity index (χ2n) is 4.35. The van der Waals surface area contributed by atoms with Crippen LogP contribution in [-0.4, -0.2) is 24.1 Å². The van der Waals surface area contributed by atoms with Crippen LogP contribution < -0.4 is 10.6 Å². The largest absolute Gasteiger partial charge is 0.367 e. The first-order valence-corrected chi connectivity index (χ1v) is 5.62. The fourth-order valence-corrected chi connectivity index (χ4v) is 2.52. The molecule has 1 unspecified atom stereocenters. The predicted octanol–water partition coefficient (Wildman–Crippen LogP) is 1.63. The molecular weight excluding hydrogens is 186 g/mol. The van der Waals surface area contributed by atoms with E-state index in [1.54, 1.807) is 0 Å². The maximum absolute atomic E-state index is 5.80. The molecule has 2 rings (SSSR count). The second-order valence-corrected chi connectivity index (χ2v) is 4.35. The van der Waals surface area contributed by atoms with Gasteiger partial charge in [0.25, 0.3) is 0 Å². The van der Waals surface area contributed by atoms with Gasteiger partial charge in [0, 0.05) is 37.2 Å². The maximum atomic E-state index is 5.80. The third kappa shape index (κ3) is 1.84. The zero-order valence-electron chi connectivity index (χ0n) is 9.53. The Kier molecular flexibility index (Phi) is 2.91. The highest BCUT2D eigenvalue weighted by atomic mass is 15.2. The van der Waals surface area contributed by atoms with Gasteiger partial charge in [0.05, 0.1) is 0 Å². The van der Waals surface area contributed by atoms with Gasteiger partial charge < -0.3 is 10.6 Å². The minimum absolute atomic E-state index is 0.518. The molecule has 3 nitrogen and oxygen atoms in total. The van der Waals surface area contributed by atoms with E-state index in [9.17, 15) is 0 Å². The summed E-state index contributed by atoms with van der Waals surface area (Å²) in [7, 11) is 0. The Morgan fingerprint density at radius 1 is 1.40 bits per heavy atom. The SMILES string of the molecule is Cc1cncc(C)c1N1CCCC1CN. The summed E-state index contributed by atoms with van der Waals surface area (Å²) < 4.78 is 0. The molecular formula is C12H19N3. The topological polar surface area (TPSA) is 42.2 Å². The Hall–Kier alpha value is -1.09. The Balaban J connectivity index is 2.36. The van der Waals surface area contributed by atoms with E-state index in [1.807, 2.05) is 12.4 Å². The van der Waals surface area contributed by atoms with Gasteiger partial charge in [-0.05, 0) is 37.8 Å². The van der Waals surface area contributed by atoms with Crippen molar-refractivity contribution in [3.05, 3.63) is 23.5 Å². The summed E-state index contributed by atoms with van der Waals surface area (Å²) in [6, 6.07) is 0.518. The molecule has 1 aliphatic heterocycles. The lowest BCUT2D eigenvalue weighted by atomic mass is 10.1. The third-order valence-electron chi connectivity index (χ3n) is 3.22. The van der Waals surface area contributed by atoms with Crippen molar-refractivity contribution in [1.29, 1.82) is 0 Å². The van der Waals surface area contributed by atoms with E-state index in [1.165, 1.54) is 29.7 Å². The molecule has 2 N–H and O–H groups in total. The molecule has 0 saturated carbocycles. The number of pyridine rings is 1. The van der Waals surface area contributed by atoms with E-state index in [0.29, 0.717) is 6.04 Å². The van der Waals surface area contributed by atoms with E-state index in [4.69, 9.17) is 5.73 Å². The molecule has 15 heavy (non-hydrogen) atoms. The minimum atomic E-state index is 0.518. The van der Waals surface area contributed by atoms with E-state index in [-0.39, 0.29) is 0 Å². The molecule has 0 aliphatic carbocycles. The maximum Gasteiger partial charge on any atom is 0.0459 e. The lowest BCUT2D eigenvalue weighted by Gasteiger charge is -2.28. The molecule has 0 radical (unpaired) electrons. The highest BCUT2D eigenvalue weighted by molar-refractivity contribution is 5.58. The van der Waals surface area contributed by atoms with Crippen LogP contribution in [0.2, 0.25) is 0 Å². The number of nitrogens with zero attached hydrogens (tertiary/aromatic N) is 2. The highest BCUT2D eigenvalue weighted by Gasteiger charge is 2.25. The summed E-state index contributed by atoms with van der Waals surface area (Å²) >= 11 is 0. The van der Waals surface area contributed by atoms with Crippen LogP contribution in [0.5, 0.6) is 0 Å². The molecule has 1 atom stereocenters. The molecule has 1 aromatic rings. The van der Waals surface area contributed by atoms with Crippen molar-refractivity contribution in [1.82, 2.24) is 4.98 Å². The Morgan fingerprint density at radius 3 is 2.67 bits per heavy atom. The first-order valence-electron chi connectivity index (χ1n) is 5.62. The van der Waals surface area contributed by atoms with Crippen molar-refractivity contribution in [3.8, 4) is 0 Å². The zero-order valence-corrected chi connectivity index (χ0v) is 9.53. The summed E-state index contributed by atoms with van der Waals surface area (Å²) in [4.78, 5) is 6.66. The van der Waals surface area contributed by atoms with Crippen molar-refractivity contribution >= 4 is 5.69 Å². The zero-order chi connectivity index (χ0) is 10.8. The van der Waals surface area contributed by atoms with Crippen LogP contribution in [0.3, 0.4) is 0 Å². The van der Waals surface area contributed by atoms with Crippen molar-refractivity contribution in [2.45, 2.75) is 32.7 Å². The molecule has 1 saturated heterocycles. The monoisotopic (exact) mass is 205 g/mol. The van der Waals surface area contributed by atoms with Crippen LogP contribution in [0.15, 0.2) is 12.4 Å². The predicted molar refractivity (Wildman–Crippen MR) is 63.1 cm³/mol. The Morgan fingerprint density at radius 2 is 2.07 bits per heavy atom. The first kappa shape index (κ1) is 10.4. The normalized spacial score (nSPS) is 21.0. The van der Waals surface area contributed by atoms with Crippen molar-refractivity contribution in [3.63, 3.8) is 0 Å². The fourth-order valence-electron chi connectivity index (χ4n) is 2.52. The molecule has 1 fully saturated rings. The van der Waals surface area contributed by atoms with Gasteiger partial charge in [-0.15, -0.1) is 0 Å². The smallest absolute Gasteiger partial charge is 0.0459 e. The van der Waals surface area contributed by atoms with Gasteiger partial charge in [-0.1, -0.05) is 0 Å². The summed E-state index contributed by atoms with van der Waals surface area (Å²) in [6.45, 7) is 6.14. The molecule has 82 valence electrons. The fraction of sp³-hybridized carbons (Fsp3) is 0.583. The first-order chi connectivity index (χ1) is 7.24. The van der Waals surface area contributed by atoms with Gasteiger partial charge in [-0.3, -0.25) is 4.98 Å². The van der Waals surface area contributed by atoms with Crippen LogP contribution in [0.1, 0.15) is 24.0 Å². The van der Waals surface area contributed by atoms with Crippen LogP contribution in [0, 0.1) is 13.8 Å². The number of hydrogen-bond acceptors (Lipinski definition) is 3. The quantitative estimate of drug-likeness (QED) is 0.798. The Bertz CT molecular complexity index is 328. The molecule has 0 aromatic carbocycles. The summed E-state index contributed by atoms with van der Waals surface area (Å²) in [5, 5.41) is 0. The van der Waals surface area contributed by atoms with Crippen LogP contribution >= 0.6 is 0 Å². The average Bonchev–Trinajstić information content (AvgIpc) is 2.65. The average molecular weight is 205 g/mol. The van der Waals surface area contributed by atoms with Crippen LogP contribution in [0.25, 0.3) is 0 Å². The van der Waals surface area contributed by atoms with E-state index in [0.717, 1.165) is 13.1 Å². The number of anilines is 1. The van der Waals surface area contributed by atoms with Gasteiger partial charge in [0.2, 0.25) is 0 Å². The van der Waals surface area contributed by atoms with Crippen LogP contribution in [-0.2, 0) is 0 Å². The lowest BCUT2D eigenvalue weighted by Crippen LogP contribution is -2.36. The van der Waals surface area contributed by atoms with Gasteiger partial charge >= 0.3 is 0 Å². The number of hydrogen-bond donors (Lipinski definition) is 1. The van der Waals surface area contributed by atoms with Gasteiger partial charge in [-0.25, -0.2) is 0 Å². The number of nitrogens with two attached hydrogens (primary N) is 1. The van der Waals surface area contributed by atoms with E-state index in [2.05, 4.69) is 23.7 Å². The highest BCUT2D eigenvalue weighted by Crippen LogP contribution is 2.30. The molecule has 0 bridgehead atoms. The number of aromatic nitrogens is 1. The van der Waals surface area contributed by atoms with E-state index < -0.39 is 0 Å². The van der Waals surface area contributed by atoms with Gasteiger partial charge in [0.15, 0.2) is 0 Å². The molecule has 0 amide bonds. The second kappa shape index (κ2) is 4.19. The van der Waals surface area contributed by atoms with Crippen molar-refractivity contribution in [2.75, 3.05) is 18.0 Å². The molecule has 3 heteroatoms.